The maximum Gasteiger partial charge on any atom is 0.277 e. The third-order valence-corrected chi connectivity index (χ3v) is 6.63. The van der Waals surface area contributed by atoms with Gasteiger partial charge in [-0.05, 0) is 35.7 Å². The molecule has 4 aromatic rings. The Bertz CT molecular complexity index is 1230. The largest absolute Gasteiger partial charge is 0.496 e. The van der Waals surface area contributed by atoms with Crippen molar-refractivity contribution in [2.24, 2.45) is 5.10 Å². The number of para-hydroxylation sites is 1. The van der Waals surface area contributed by atoms with Crippen LogP contribution in [0.25, 0.3) is 11.5 Å². The minimum atomic E-state index is -0.276. The predicted molar refractivity (Wildman–Crippen MR) is 121 cm³/mol. The molecule has 4 heterocycles. The van der Waals surface area contributed by atoms with Crippen molar-refractivity contribution in [2.75, 3.05) is 12.9 Å². The van der Waals surface area contributed by atoms with Gasteiger partial charge in [0.15, 0.2) is 0 Å². The smallest absolute Gasteiger partial charge is 0.277 e. The molecule has 0 radical (unpaired) electrons. The summed E-state index contributed by atoms with van der Waals surface area (Å²) in [5.41, 5.74) is 1.57. The summed E-state index contributed by atoms with van der Waals surface area (Å²) in [6.45, 7) is 0. The Morgan fingerprint density at radius 1 is 1.22 bits per heavy atom. The molecule has 1 amide bonds. The fourth-order valence-electron chi connectivity index (χ4n) is 3.42. The summed E-state index contributed by atoms with van der Waals surface area (Å²) >= 11 is 2.77. The van der Waals surface area contributed by atoms with E-state index in [-0.39, 0.29) is 17.7 Å². The highest BCUT2D eigenvalue weighted by Crippen LogP contribution is 2.35. The molecular formula is C22H18N4O4S2. The Kier molecular flexibility index (Phi) is 5.78. The second-order valence-corrected chi connectivity index (χ2v) is 8.73. The van der Waals surface area contributed by atoms with Gasteiger partial charge in [-0.2, -0.15) is 5.10 Å². The summed E-state index contributed by atoms with van der Waals surface area (Å²) < 4.78 is 16.7. The molecule has 0 N–H and O–H groups in total. The second kappa shape index (κ2) is 9.01. The second-order valence-electron chi connectivity index (χ2n) is 6.86. The lowest BCUT2D eigenvalue weighted by Crippen LogP contribution is -2.28. The van der Waals surface area contributed by atoms with Crippen LogP contribution in [0, 0.1) is 0 Å². The molecule has 1 aromatic carbocycles. The molecule has 1 atom stereocenters. The molecule has 0 bridgehead atoms. The van der Waals surface area contributed by atoms with Crippen molar-refractivity contribution in [3.8, 4) is 17.2 Å². The number of nitrogens with zero attached hydrogens (tertiary/aromatic N) is 4. The van der Waals surface area contributed by atoms with Crippen LogP contribution in [-0.2, 0) is 4.79 Å². The number of amides is 1. The van der Waals surface area contributed by atoms with Crippen molar-refractivity contribution in [3.63, 3.8) is 0 Å². The standard InChI is InChI=1S/C22H18N4O4S2/c1-28-17-7-3-2-6-14(17)21-23-24-22(30-21)32-13-20(27)26-16(18-8-4-10-29-18)12-15(25-26)19-9-5-11-31-19/h2-11,16H,12-13H2,1H3/t16-/m0/s1. The number of thiophene rings is 1. The number of carbonyl (C=O) groups is 1. The fraction of sp³-hybridized carbons (Fsp3) is 0.182. The van der Waals surface area contributed by atoms with E-state index in [0.29, 0.717) is 34.6 Å². The van der Waals surface area contributed by atoms with Crippen LogP contribution in [0.4, 0.5) is 0 Å². The average Bonchev–Trinajstić information content (AvgIpc) is 3.63. The van der Waals surface area contributed by atoms with E-state index in [9.17, 15) is 4.79 Å². The van der Waals surface area contributed by atoms with E-state index >= 15 is 0 Å². The minimum absolute atomic E-state index is 0.103. The topological polar surface area (TPSA) is 94.0 Å². The zero-order valence-electron chi connectivity index (χ0n) is 17.0. The number of ether oxygens (including phenoxy) is 1. The lowest BCUT2D eigenvalue weighted by atomic mass is 10.1. The Hall–Kier alpha value is -3.37. The van der Waals surface area contributed by atoms with Crippen molar-refractivity contribution < 1.29 is 18.4 Å². The highest BCUT2D eigenvalue weighted by molar-refractivity contribution is 7.99. The summed E-state index contributed by atoms with van der Waals surface area (Å²) in [5.74, 6) is 1.61. The number of methoxy groups -OCH3 is 1. The number of benzene rings is 1. The Balaban J connectivity index is 1.31. The normalized spacial score (nSPS) is 15.7. The first-order valence-electron chi connectivity index (χ1n) is 9.79. The number of aromatic nitrogens is 2. The number of thioether (sulfide) groups is 1. The Morgan fingerprint density at radius 3 is 2.91 bits per heavy atom. The van der Waals surface area contributed by atoms with Crippen molar-refractivity contribution in [2.45, 2.75) is 17.7 Å². The molecule has 8 nitrogen and oxygen atoms in total. The third kappa shape index (κ3) is 4.06. The highest BCUT2D eigenvalue weighted by Gasteiger charge is 2.35. The Labute approximate surface area is 191 Å². The molecule has 0 aliphatic carbocycles. The fourth-order valence-corrected chi connectivity index (χ4v) is 4.76. The molecule has 1 aliphatic heterocycles. The van der Waals surface area contributed by atoms with Crippen molar-refractivity contribution in [3.05, 3.63) is 70.8 Å². The van der Waals surface area contributed by atoms with Gasteiger partial charge in [-0.3, -0.25) is 4.79 Å². The van der Waals surface area contributed by atoms with E-state index in [1.54, 1.807) is 24.7 Å². The molecule has 10 heteroatoms. The SMILES string of the molecule is COc1ccccc1-c1nnc(SCC(=O)N2N=C(c3cccs3)C[C@H]2c2ccco2)o1. The summed E-state index contributed by atoms with van der Waals surface area (Å²) in [7, 11) is 1.58. The van der Waals surface area contributed by atoms with Crippen LogP contribution >= 0.6 is 23.1 Å². The number of furan rings is 1. The number of hydrazone groups is 1. The van der Waals surface area contributed by atoms with E-state index in [1.807, 2.05) is 53.9 Å². The quantitative estimate of drug-likeness (QED) is 0.359. The van der Waals surface area contributed by atoms with Crippen molar-refractivity contribution in [1.82, 2.24) is 15.2 Å². The first-order chi connectivity index (χ1) is 15.7. The molecular weight excluding hydrogens is 448 g/mol. The van der Waals surface area contributed by atoms with Gasteiger partial charge >= 0.3 is 0 Å². The van der Waals surface area contributed by atoms with Crippen LogP contribution in [0.5, 0.6) is 5.75 Å². The molecule has 0 unspecified atom stereocenters. The van der Waals surface area contributed by atoms with E-state index in [1.165, 1.54) is 16.8 Å². The zero-order chi connectivity index (χ0) is 21.9. The Morgan fingerprint density at radius 2 is 2.12 bits per heavy atom. The first-order valence-corrected chi connectivity index (χ1v) is 11.7. The molecule has 1 aliphatic rings. The number of carbonyl (C=O) groups excluding carboxylic acids is 1. The molecule has 3 aromatic heterocycles. The number of hydrogen-bond acceptors (Lipinski definition) is 9. The summed E-state index contributed by atoms with van der Waals surface area (Å²) in [6.07, 6.45) is 2.20. The molecule has 0 spiro atoms. The molecule has 5 rings (SSSR count). The molecule has 32 heavy (non-hydrogen) atoms. The van der Waals surface area contributed by atoms with Gasteiger partial charge in [0, 0.05) is 6.42 Å². The van der Waals surface area contributed by atoms with Crippen LogP contribution in [-0.4, -0.2) is 39.7 Å². The van der Waals surface area contributed by atoms with E-state index < -0.39 is 0 Å². The maximum atomic E-state index is 13.1. The van der Waals surface area contributed by atoms with Gasteiger partial charge < -0.3 is 13.6 Å². The van der Waals surface area contributed by atoms with Gasteiger partial charge in [-0.25, -0.2) is 5.01 Å². The van der Waals surface area contributed by atoms with Gasteiger partial charge in [0.2, 0.25) is 0 Å². The zero-order valence-corrected chi connectivity index (χ0v) is 18.6. The van der Waals surface area contributed by atoms with E-state index in [2.05, 4.69) is 15.3 Å². The maximum absolute atomic E-state index is 13.1. The molecule has 0 saturated carbocycles. The van der Waals surface area contributed by atoms with Crippen molar-refractivity contribution >= 4 is 34.7 Å². The van der Waals surface area contributed by atoms with E-state index in [0.717, 1.165) is 10.6 Å². The number of hydrogen-bond donors (Lipinski definition) is 0. The predicted octanol–water partition coefficient (Wildman–Crippen LogP) is 4.87. The minimum Gasteiger partial charge on any atom is -0.496 e. The van der Waals surface area contributed by atoms with E-state index in [4.69, 9.17) is 13.6 Å². The molecule has 0 fully saturated rings. The van der Waals surface area contributed by atoms with Crippen LogP contribution in [0.3, 0.4) is 0 Å². The average molecular weight is 467 g/mol. The van der Waals surface area contributed by atoms with Gasteiger partial charge in [0.1, 0.15) is 17.6 Å². The first kappa shape index (κ1) is 20.5. The van der Waals surface area contributed by atoms with Gasteiger partial charge in [-0.15, -0.1) is 21.5 Å². The van der Waals surface area contributed by atoms with Crippen molar-refractivity contribution in [1.29, 1.82) is 0 Å². The highest BCUT2D eigenvalue weighted by atomic mass is 32.2. The van der Waals surface area contributed by atoms with Crippen LogP contribution in [0.2, 0.25) is 0 Å². The van der Waals surface area contributed by atoms with Gasteiger partial charge in [0.05, 0.1) is 35.3 Å². The summed E-state index contributed by atoms with van der Waals surface area (Å²) in [5, 5.41) is 16.6. The van der Waals surface area contributed by atoms with Gasteiger partial charge in [0.25, 0.3) is 17.0 Å². The van der Waals surface area contributed by atoms with Crippen LogP contribution in [0.15, 0.2) is 79.3 Å². The molecule has 0 saturated heterocycles. The van der Waals surface area contributed by atoms with Crippen LogP contribution < -0.4 is 4.74 Å². The third-order valence-electron chi connectivity index (χ3n) is 4.91. The van der Waals surface area contributed by atoms with Crippen LogP contribution in [0.1, 0.15) is 23.1 Å². The summed E-state index contributed by atoms with van der Waals surface area (Å²) in [4.78, 5) is 14.1. The molecule has 162 valence electrons. The van der Waals surface area contributed by atoms with Gasteiger partial charge in [-0.1, -0.05) is 30.0 Å². The lowest BCUT2D eigenvalue weighted by molar-refractivity contribution is -0.130. The number of rotatable bonds is 7. The summed E-state index contributed by atoms with van der Waals surface area (Å²) in [6, 6.07) is 14.8. The monoisotopic (exact) mass is 466 g/mol. The lowest BCUT2D eigenvalue weighted by Gasteiger charge is -2.19.